The van der Waals surface area contributed by atoms with Gasteiger partial charge >= 0.3 is 5.97 Å². The molecule has 28 heavy (non-hydrogen) atoms. The first-order valence-corrected chi connectivity index (χ1v) is 10.3. The lowest BCUT2D eigenvalue weighted by Crippen LogP contribution is -2.40. The Hall–Kier alpha value is -2.80. The lowest BCUT2D eigenvalue weighted by Gasteiger charge is -2.32. The van der Waals surface area contributed by atoms with Gasteiger partial charge < -0.3 is 10.0 Å². The van der Waals surface area contributed by atoms with Gasteiger partial charge in [0.1, 0.15) is 0 Å². The highest BCUT2D eigenvalue weighted by molar-refractivity contribution is 8.00. The Labute approximate surface area is 167 Å². The van der Waals surface area contributed by atoms with E-state index in [1.807, 2.05) is 17.0 Å². The van der Waals surface area contributed by atoms with Gasteiger partial charge in [-0.05, 0) is 35.7 Å². The fourth-order valence-electron chi connectivity index (χ4n) is 3.52. The summed E-state index contributed by atoms with van der Waals surface area (Å²) in [5.74, 6) is -0.401. The normalized spacial score (nSPS) is 15.1. The SMILES string of the molecule is O=C(O)c1cnn(C2CCN(C(=O)CSc3ccc4ccccc4c3)CC2)c1. The number of carbonyl (C=O) groups is 2. The van der Waals surface area contributed by atoms with E-state index in [2.05, 4.69) is 35.4 Å². The van der Waals surface area contributed by atoms with Crippen LogP contribution in [0.2, 0.25) is 0 Å². The number of hydrogen-bond donors (Lipinski definition) is 1. The highest BCUT2D eigenvalue weighted by atomic mass is 32.2. The van der Waals surface area contributed by atoms with Gasteiger partial charge in [-0.3, -0.25) is 9.48 Å². The minimum atomic E-state index is -0.968. The van der Waals surface area contributed by atoms with Crippen LogP contribution in [0.15, 0.2) is 59.8 Å². The van der Waals surface area contributed by atoms with Crippen molar-refractivity contribution in [2.24, 2.45) is 0 Å². The number of nitrogens with zero attached hydrogens (tertiary/aromatic N) is 3. The van der Waals surface area contributed by atoms with Crippen molar-refractivity contribution in [3.05, 3.63) is 60.4 Å². The van der Waals surface area contributed by atoms with Gasteiger partial charge in [0.05, 0.1) is 23.6 Å². The minimum Gasteiger partial charge on any atom is -0.478 e. The molecule has 1 aromatic heterocycles. The molecule has 0 radical (unpaired) electrons. The summed E-state index contributed by atoms with van der Waals surface area (Å²) < 4.78 is 1.72. The van der Waals surface area contributed by atoms with Crippen LogP contribution in [0.1, 0.15) is 29.2 Å². The van der Waals surface area contributed by atoms with Gasteiger partial charge in [-0.1, -0.05) is 30.3 Å². The molecule has 0 aliphatic carbocycles. The third-order valence-corrected chi connectivity index (χ3v) is 6.10. The topological polar surface area (TPSA) is 75.4 Å². The van der Waals surface area contributed by atoms with Gasteiger partial charge in [-0.15, -0.1) is 11.8 Å². The van der Waals surface area contributed by atoms with Crippen LogP contribution in [0, 0.1) is 0 Å². The van der Waals surface area contributed by atoms with Crippen LogP contribution in [-0.2, 0) is 4.79 Å². The molecule has 0 spiro atoms. The molecule has 1 saturated heterocycles. The Morgan fingerprint density at radius 2 is 1.86 bits per heavy atom. The molecule has 1 aliphatic heterocycles. The quantitative estimate of drug-likeness (QED) is 0.667. The number of carboxylic acids is 1. The van der Waals surface area contributed by atoms with Crippen molar-refractivity contribution in [3.63, 3.8) is 0 Å². The highest BCUT2D eigenvalue weighted by Gasteiger charge is 2.24. The number of aromatic nitrogens is 2. The summed E-state index contributed by atoms with van der Waals surface area (Å²) in [6, 6.07) is 14.6. The molecule has 0 unspecified atom stereocenters. The molecule has 1 fully saturated rings. The van der Waals surface area contributed by atoms with Crippen molar-refractivity contribution in [1.29, 1.82) is 0 Å². The average Bonchev–Trinajstić information content (AvgIpc) is 3.23. The largest absolute Gasteiger partial charge is 0.478 e. The Morgan fingerprint density at radius 1 is 1.11 bits per heavy atom. The van der Waals surface area contributed by atoms with E-state index in [0.29, 0.717) is 18.8 Å². The Balaban J connectivity index is 1.30. The third kappa shape index (κ3) is 4.04. The third-order valence-electron chi connectivity index (χ3n) is 5.12. The fourth-order valence-corrected chi connectivity index (χ4v) is 4.37. The van der Waals surface area contributed by atoms with E-state index >= 15 is 0 Å². The van der Waals surface area contributed by atoms with Crippen molar-refractivity contribution in [2.75, 3.05) is 18.8 Å². The molecule has 7 heteroatoms. The second-order valence-corrected chi connectivity index (χ2v) is 7.97. The highest BCUT2D eigenvalue weighted by Crippen LogP contribution is 2.26. The molecular weight excluding hydrogens is 374 g/mol. The Kier molecular flexibility index (Phi) is 5.34. The maximum absolute atomic E-state index is 12.6. The van der Waals surface area contributed by atoms with Crippen LogP contribution in [0.25, 0.3) is 10.8 Å². The maximum Gasteiger partial charge on any atom is 0.338 e. The summed E-state index contributed by atoms with van der Waals surface area (Å²) in [4.78, 5) is 26.6. The molecule has 2 aromatic carbocycles. The molecule has 0 bridgehead atoms. The van der Waals surface area contributed by atoms with Gasteiger partial charge in [0, 0.05) is 24.2 Å². The van der Waals surface area contributed by atoms with E-state index in [4.69, 9.17) is 5.11 Å². The number of fused-ring (bicyclic) bond motifs is 1. The van der Waals surface area contributed by atoms with Crippen LogP contribution in [0.3, 0.4) is 0 Å². The van der Waals surface area contributed by atoms with Gasteiger partial charge in [-0.25, -0.2) is 4.79 Å². The first kappa shape index (κ1) is 18.6. The minimum absolute atomic E-state index is 0.142. The smallest absolute Gasteiger partial charge is 0.338 e. The number of piperidine rings is 1. The second-order valence-electron chi connectivity index (χ2n) is 6.92. The van der Waals surface area contributed by atoms with Gasteiger partial charge in [0.15, 0.2) is 0 Å². The number of amides is 1. The maximum atomic E-state index is 12.6. The number of thioether (sulfide) groups is 1. The molecule has 3 aromatic rings. The monoisotopic (exact) mass is 395 g/mol. The van der Waals surface area contributed by atoms with E-state index in [-0.39, 0.29) is 17.5 Å². The van der Waals surface area contributed by atoms with Crippen molar-refractivity contribution in [2.45, 2.75) is 23.8 Å². The van der Waals surface area contributed by atoms with E-state index in [1.165, 1.54) is 17.0 Å². The van der Waals surface area contributed by atoms with Crippen molar-refractivity contribution >= 4 is 34.4 Å². The molecule has 1 aliphatic rings. The summed E-state index contributed by atoms with van der Waals surface area (Å²) in [5.41, 5.74) is 0.199. The zero-order chi connectivity index (χ0) is 19.5. The van der Waals surface area contributed by atoms with Crippen molar-refractivity contribution in [1.82, 2.24) is 14.7 Å². The summed E-state index contributed by atoms with van der Waals surface area (Å²) in [5, 5.41) is 15.6. The molecule has 2 heterocycles. The number of carboxylic acid groups (broad SMARTS) is 1. The zero-order valence-electron chi connectivity index (χ0n) is 15.3. The lowest BCUT2D eigenvalue weighted by atomic mass is 10.1. The standard InChI is InChI=1S/C21H21N3O3S/c25-20(14-28-19-6-5-15-3-1-2-4-16(15)11-19)23-9-7-18(8-10-23)24-13-17(12-22-24)21(26)27/h1-6,11-13,18H,7-10,14H2,(H,26,27). The zero-order valence-corrected chi connectivity index (χ0v) is 16.1. The van der Waals surface area contributed by atoms with E-state index in [0.717, 1.165) is 17.7 Å². The first-order chi connectivity index (χ1) is 13.6. The molecule has 6 nitrogen and oxygen atoms in total. The van der Waals surface area contributed by atoms with E-state index in [1.54, 1.807) is 22.6 Å². The van der Waals surface area contributed by atoms with E-state index in [9.17, 15) is 9.59 Å². The van der Waals surface area contributed by atoms with Crippen LogP contribution in [0.4, 0.5) is 0 Å². The second kappa shape index (κ2) is 8.06. The number of rotatable bonds is 5. The molecule has 1 N–H and O–H groups in total. The van der Waals surface area contributed by atoms with Crippen LogP contribution in [0.5, 0.6) is 0 Å². The lowest BCUT2D eigenvalue weighted by molar-refractivity contribution is -0.129. The van der Waals surface area contributed by atoms with Crippen LogP contribution in [-0.4, -0.2) is 50.5 Å². The van der Waals surface area contributed by atoms with Crippen molar-refractivity contribution < 1.29 is 14.7 Å². The number of carbonyl (C=O) groups excluding carboxylic acids is 1. The number of likely N-dealkylation sites (tertiary alicyclic amines) is 1. The summed E-state index contributed by atoms with van der Waals surface area (Å²) >= 11 is 1.57. The van der Waals surface area contributed by atoms with Gasteiger partial charge in [0.2, 0.25) is 5.91 Å². The molecule has 0 saturated carbocycles. The molecule has 1 amide bonds. The Bertz CT molecular complexity index is 1010. The Morgan fingerprint density at radius 3 is 2.57 bits per heavy atom. The predicted octanol–water partition coefficient (Wildman–Crippen LogP) is 3.69. The first-order valence-electron chi connectivity index (χ1n) is 9.27. The summed E-state index contributed by atoms with van der Waals surface area (Å²) in [6.07, 6.45) is 4.51. The van der Waals surface area contributed by atoms with Crippen molar-refractivity contribution in [3.8, 4) is 0 Å². The van der Waals surface area contributed by atoms with Crippen LogP contribution >= 0.6 is 11.8 Å². The molecule has 144 valence electrons. The number of benzene rings is 2. The fraction of sp³-hybridized carbons (Fsp3) is 0.286. The van der Waals surface area contributed by atoms with E-state index < -0.39 is 5.97 Å². The molecule has 0 atom stereocenters. The van der Waals surface area contributed by atoms with Gasteiger partial charge in [0.25, 0.3) is 0 Å². The van der Waals surface area contributed by atoms with Gasteiger partial charge in [-0.2, -0.15) is 5.10 Å². The summed E-state index contributed by atoms with van der Waals surface area (Å²) in [6.45, 7) is 1.34. The number of aromatic carboxylic acids is 1. The van der Waals surface area contributed by atoms with Crippen LogP contribution < -0.4 is 0 Å². The molecule has 4 rings (SSSR count). The average molecular weight is 395 g/mol. The summed E-state index contributed by atoms with van der Waals surface area (Å²) in [7, 11) is 0. The number of hydrogen-bond acceptors (Lipinski definition) is 4. The molecular formula is C21H21N3O3S. The predicted molar refractivity (Wildman–Crippen MR) is 109 cm³/mol.